The predicted molar refractivity (Wildman–Crippen MR) is 144 cm³/mol. The van der Waals surface area contributed by atoms with Gasteiger partial charge in [-0.25, -0.2) is 8.42 Å². The number of hydrogen-bond donors (Lipinski definition) is 1. The number of likely N-dealkylation sites (N-methyl/N-ethyl adjacent to an activating group) is 1. The molecule has 0 bridgehead atoms. The van der Waals surface area contributed by atoms with Gasteiger partial charge in [-0.2, -0.15) is 0 Å². The van der Waals surface area contributed by atoms with Crippen molar-refractivity contribution in [2.75, 3.05) is 24.4 Å². The van der Waals surface area contributed by atoms with E-state index in [1.54, 1.807) is 25.1 Å². The maximum atomic E-state index is 13.8. The van der Waals surface area contributed by atoms with Crippen LogP contribution in [0, 0.1) is 10.1 Å². The molecule has 3 aromatic carbocycles. The number of carbonyl (C=O) groups is 2. The fourth-order valence-electron chi connectivity index (χ4n) is 4.05. The summed E-state index contributed by atoms with van der Waals surface area (Å²) >= 11 is 0. The number of nitrogens with one attached hydrogen (secondary N) is 1. The molecule has 3 rings (SSSR count). The van der Waals surface area contributed by atoms with E-state index in [0.717, 1.165) is 9.87 Å². The number of amides is 2. The Morgan fingerprint density at radius 1 is 0.947 bits per heavy atom. The normalized spacial score (nSPS) is 11.8. The smallest absolute Gasteiger partial charge is 0.269 e. The minimum atomic E-state index is -4.23. The molecule has 38 heavy (non-hydrogen) atoms. The van der Waals surface area contributed by atoms with Gasteiger partial charge in [0, 0.05) is 25.7 Å². The van der Waals surface area contributed by atoms with Crippen LogP contribution in [0.2, 0.25) is 0 Å². The fourth-order valence-corrected chi connectivity index (χ4v) is 5.49. The van der Waals surface area contributed by atoms with Crippen molar-refractivity contribution in [3.05, 3.63) is 101 Å². The predicted octanol–water partition coefficient (Wildman–Crippen LogP) is 3.39. The van der Waals surface area contributed by atoms with E-state index in [9.17, 15) is 28.1 Å². The zero-order valence-corrected chi connectivity index (χ0v) is 22.0. The number of carbonyl (C=O) groups excluding carboxylic acids is 2. The Morgan fingerprint density at radius 2 is 1.53 bits per heavy atom. The number of nitrogens with zero attached hydrogens (tertiary/aromatic N) is 3. The number of rotatable bonds is 12. The number of anilines is 1. The molecule has 0 aliphatic rings. The summed E-state index contributed by atoms with van der Waals surface area (Å²) in [7, 11) is -2.75. The first-order chi connectivity index (χ1) is 18.2. The van der Waals surface area contributed by atoms with Crippen molar-refractivity contribution in [1.82, 2.24) is 10.2 Å². The van der Waals surface area contributed by atoms with Crippen LogP contribution in [0.5, 0.6) is 0 Å². The summed E-state index contributed by atoms with van der Waals surface area (Å²) in [5, 5.41) is 13.7. The molecule has 0 unspecified atom stereocenters. The Bertz CT molecular complexity index is 1350. The molecule has 3 aromatic rings. The van der Waals surface area contributed by atoms with Gasteiger partial charge in [0.25, 0.3) is 15.7 Å². The van der Waals surface area contributed by atoms with Gasteiger partial charge >= 0.3 is 0 Å². The standard InChI is InChI=1S/C27H30N4O6S/c1-3-25(27(33)28-2)29(19-18-21-10-6-4-7-11-21)26(32)20-30(22-14-16-23(17-15-22)31(34)35)38(36,37)24-12-8-5-9-13-24/h4-17,25H,3,18-20H2,1-2H3,(H,28,33)/t25-/m1/s1. The van der Waals surface area contributed by atoms with E-state index < -0.39 is 33.4 Å². The maximum Gasteiger partial charge on any atom is 0.269 e. The Kier molecular flexibility index (Phi) is 9.55. The summed E-state index contributed by atoms with van der Waals surface area (Å²) in [6.45, 7) is 1.36. The molecule has 0 aromatic heterocycles. The highest BCUT2D eigenvalue weighted by Gasteiger charge is 2.33. The lowest BCUT2D eigenvalue weighted by Gasteiger charge is -2.33. The third-order valence-corrected chi connectivity index (χ3v) is 7.86. The average molecular weight is 539 g/mol. The highest BCUT2D eigenvalue weighted by Crippen LogP contribution is 2.26. The van der Waals surface area contributed by atoms with E-state index in [1.807, 2.05) is 30.3 Å². The molecular formula is C27H30N4O6S. The van der Waals surface area contributed by atoms with E-state index in [1.165, 1.54) is 48.3 Å². The molecule has 0 radical (unpaired) electrons. The average Bonchev–Trinajstić information content (AvgIpc) is 2.94. The molecule has 0 aliphatic carbocycles. The van der Waals surface area contributed by atoms with E-state index in [-0.39, 0.29) is 28.7 Å². The quantitative estimate of drug-likeness (QED) is 0.278. The summed E-state index contributed by atoms with van der Waals surface area (Å²) < 4.78 is 28.2. The highest BCUT2D eigenvalue weighted by molar-refractivity contribution is 7.92. The second-order valence-corrected chi connectivity index (χ2v) is 10.3. The molecule has 1 atom stereocenters. The van der Waals surface area contributed by atoms with Crippen molar-refractivity contribution < 1.29 is 22.9 Å². The third-order valence-electron chi connectivity index (χ3n) is 6.08. The van der Waals surface area contributed by atoms with Crippen LogP contribution in [0.25, 0.3) is 0 Å². The van der Waals surface area contributed by atoms with Gasteiger partial charge in [0.1, 0.15) is 12.6 Å². The SMILES string of the molecule is CC[C@H](C(=O)NC)N(CCc1ccccc1)C(=O)CN(c1ccc([N+](=O)[O-])cc1)S(=O)(=O)c1ccccc1. The van der Waals surface area contributed by atoms with Gasteiger partial charge in [0.05, 0.1) is 15.5 Å². The van der Waals surface area contributed by atoms with Crippen LogP contribution in [-0.4, -0.2) is 56.2 Å². The molecule has 0 heterocycles. The lowest BCUT2D eigenvalue weighted by molar-refractivity contribution is -0.384. The zero-order valence-electron chi connectivity index (χ0n) is 21.2. The van der Waals surface area contributed by atoms with Gasteiger partial charge in [0.2, 0.25) is 11.8 Å². The lowest BCUT2D eigenvalue weighted by Crippen LogP contribution is -2.52. The molecule has 11 heteroatoms. The van der Waals surface area contributed by atoms with Crippen LogP contribution in [0.15, 0.2) is 89.8 Å². The van der Waals surface area contributed by atoms with Crippen molar-refractivity contribution in [2.45, 2.75) is 30.7 Å². The minimum absolute atomic E-state index is 0.0414. The highest BCUT2D eigenvalue weighted by atomic mass is 32.2. The first-order valence-electron chi connectivity index (χ1n) is 12.1. The molecular weight excluding hydrogens is 508 g/mol. The van der Waals surface area contributed by atoms with Crippen LogP contribution >= 0.6 is 0 Å². The summed E-state index contributed by atoms with van der Waals surface area (Å²) in [5.41, 5.74) is 0.831. The van der Waals surface area contributed by atoms with Crippen molar-refractivity contribution in [3.63, 3.8) is 0 Å². The summed E-state index contributed by atoms with van der Waals surface area (Å²) in [5.74, 6) is -0.934. The number of non-ortho nitro benzene ring substituents is 1. The van der Waals surface area contributed by atoms with Gasteiger partial charge in [-0.1, -0.05) is 55.5 Å². The van der Waals surface area contributed by atoms with Crippen molar-refractivity contribution in [1.29, 1.82) is 0 Å². The van der Waals surface area contributed by atoms with Crippen molar-refractivity contribution >= 4 is 33.2 Å². The largest absolute Gasteiger partial charge is 0.357 e. The zero-order chi connectivity index (χ0) is 27.7. The third kappa shape index (κ3) is 6.74. The summed E-state index contributed by atoms with van der Waals surface area (Å²) in [6.07, 6.45) is 0.784. The number of benzene rings is 3. The Labute approximate surface area is 222 Å². The molecule has 10 nitrogen and oxygen atoms in total. The van der Waals surface area contributed by atoms with Gasteiger partial charge < -0.3 is 10.2 Å². The monoisotopic (exact) mass is 538 g/mol. The first kappa shape index (κ1) is 28.3. The van der Waals surface area contributed by atoms with Crippen molar-refractivity contribution in [2.24, 2.45) is 0 Å². The topological polar surface area (TPSA) is 130 Å². The van der Waals surface area contributed by atoms with E-state index in [0.29, 0.717) is 12.8 Å². The van der Waals surface area contributed by atoms with Crippen LogP contribution in [0.3, 0.4) is 0 Å². The number of hydrogen-bond acceptors (Lipinski definition) is 6. The Balaban J connectivity index is 2.01. The molecule has 0 saturated carbocycles. The number of sulfonamides is 1. The van der Waals surface area contributed by atoms with Crippen LogP contribution in [0.1, 0.15) is 18.9 Å². The fraction of sp³-hybridized carbons (Fsp3) is 0.259. The lowest BCUT2D eigenvalue weighted by atomic mass is 10.1. The molecule has 1 N–H and O–H groups in total. The minimum Gasteiger partial charge on any atom is -0.357 e. The van der Waals surface area contributed by atoms with Crippen LogP contribution in [0.4, 0.5) is 11.4 Å². The maximum absolute atomic E-state index is 13.8. The number of nitro benzene ring substituents is 1. The van der Waals surface area contributed by atoms with Gasteiger partial charge in [-0.3, -0.25) is 24.0 Å². The van der Waals surface area contributed by atoms with E-state index in [2.05, 4.69) is 5.32 Å². The molecule has 0 fully saturated rings. The molecule has 200 valence electrons. The van der Waals surface area contributed by atoms with E-state index >= 15 is 0 Å². The van der Waals surface area contributed by atoms with Gasteiger partial charge in [0.15, 0.2) is 0 Å². The number of nitro groups is 1. The van der Waals surface area contributed by atoms with Crippen molar-refractivity contribution in [3.8, 4) is 0 Å². The Morgan fingerprint density at radius 3 is 2.05 bits per heavy atom. The van der Waals surface area contributed by atoms with Crippen LogP contribution in [-0.2, 0) is 26.0 Å². The molecule has 0 saturated heterocycles. The molecule has 2 amide bonds. The van der Waals surface area contributed by atoms with Crippen LogP contribution < -0.4 is 9.62 Å². The second kappa shape index (κ2) is 12.8. The molecule has 0 aliphatic heterocycles. The summed E-state index contributed by atoms with van der Waals surface area (Å²) in [4.78, 5) is 38.3. The molecule has 0 spiro atoms. The van der Waals surface area contributed by atoms with E-state index in [4.69, 9.17) is 0 Å². The Hall–Kier alpha value is -4.25. The first-order valence-corrected chi connectivity index (χ1v) is 13.5. The second-order valence-electron chi connectivity index (χ2n) is 8.46. The summed E-state index contributed by atoms with van der Waals surface area (Å²) in [6, 6.07) is 21.2. The van der Waals surface area contributed by atoms with Gasteiger partial charge in [-0.05, 0) is 42.7 Å². The van der Waals surface area contributed by atoms with Gasteiger partial charge in [-0.15, -0.1) is 0 Å².